The number of nitrogens with one attached hydrogen (secondary N) is 1. The second-order valence-electron chi connectivity index (χ2n) is 7.72. The Morgan fingerprint density at radius 2 is 1.76 bits per heavy atom. The van der Waals surface area contributed by atoms with Crippen molar-refractivity contribution < 1.29 is 23.0 Å². The van der Waals surface area contributed by atoms with Crippen molar-refractivity contribution >= 4 is 11.7 Å². The maximum atomic E-state index is 13.3. The number of aromatic nitrogens is 2. The molecule has 0 unspecified atom stereocenters. The van der Waals surface area contributed by atoms with E-state index in [4.69, 9.17) is 9.47 Å². The van der Waals surface area contributed by atoms with E-state index in [1.54, 1.807) is 25.6 Å². The van der Waals surface area contributed by atoms with E-state index in [0.29, 0.717) is 54.7 Å². The number of carbonyl (C=O) groups is 1. The van der Waals surface area contributed by atoms with Crippen molar-refractivity contribution in [1.82, 2.24) is 15.3 Å². The molecule has 1 aliphatic heterocycles. The summed E-state index contributed by atoms with van der Waals surface area (Å²) in [4.78, 5) is 23.4. The maximum absolute atomic E-state index is 13.3. The first-order valence-corrected chi connectivity index (χ1v) is 10.6. The van der Waals surface area contributed by atoms with Crippen molar-refractivity contribution in [3.63, 3.8) is 0 Å². The van der Waals surface area contributed by atoms with Crippen molar-refractivity contribution in [3.8, 4) is 17.4 Å². The smallest absolute Gasteiger partial charge is 0.263 e. The lowest BCUT2D eigenvalue weighted by molar-refractivity contribution is -0.125. The molecule has 1 amide bonds. The van der Waals surface area contributed by atoms with Gasteiger partial charge in [-0.2, -0.15) is 0 Å². The molecule has 1 saturated heterocycles. The number of anilines is 1. The molecule has 3 aromatic rings. The summed E-state index contributed by atoms with van der Waals surface area (Å²) >= 11 is 0. The molecule has 0 saturated carbocycles. The molecule has 1 aliphatic rings. The van der Waals surface area contributed by atoms with Gasteiger partial charge in [0.1, 0.15) is 23.1 Å². The van der Waals surface area contributed by atoms with Gasteiger partial charge in [0.15, 0.2) is 5.82 Å². The largest absolute Gasteiger partial charge is 0.497 e. The number of halogens is 2. The van der Waals surface area contributed by atoms with E-state index < -0.39 is 11.6 Å². The van der Waals surface area contributed by atoms with Gasteiger partial charge in [0.25, 0.3) is 5.88 Å². The first kappa shape index (κ1) is 22.4. The quantitative estimate of drug-likeness (QED) is 0.580. The summed E-state index contributed by atoms with van der Waals surface area (Å²) in [6.07, 6.45) is 4.39. The first-order chi connectivity index (χ1) is 16.0. The van der Waals surface area contributed by atoms with Crippen LogP contribution < -0.4 is 19.7 Å². The molecular formula is C24H24F2N4O3. The predicted molar refractivity (Wildman–Crippen MR) is 118 cm³/mol. The predicted octanol–water partition coefficient (Wildman–Crippen LogP) is 4.09. The minimum Gasteiger partial charge on any atom is -0.497 e. The van der Waals surface area contributed by atoms with Gasteiger partial charge in [0.05, 0.1) is 7.11 Å². The lowest BCUT2D eigenvalue weighted by Gasteiger charge is -2.32. The summed E-state index contributed by atoms with van der Waals surface area (Å²) in [5.41, 5.74) is 0.386. The van der Waals surface area contributed by atoms with Crippen molar-refractivity contribution in [3.05, 3.63) is 72.1 Å². The van der Waals surface area contributed by atoms with Gasteiger partial charge in [-0.3, -0.25) is 4.79 Å². The van der Waals surface area contributed by atoms with Crippen LogP contribution in [-0.2, 0) is 11.3 Å². The second kappa shape index (κ2) is 10.2. The molecule has 9 heteroatoms. The Labute approximate surface area is 190 Å². The Kier molecular flexibility index (Phi) is 6.97. The number of ether oxygens (including phenoxy) is 2. The van der Waals surface area contributed by atoms with Crippen molar-refractivity contribution in [2.45, 2.75) is 19.4 Å². The van der Waals surface area contributed by atoms with E-state index in [9.17, 15) is 13.6 Å². The minimum atomic E-state index is -0.663. The van der Waals surface area contributed by atoms with Crippen LogP contribution in [0.5, 0.6) is 17.4 Å². The number of hydrogen-bond donors (Lipinski definition) is 1. The van der Waals surface area contributed by atoms with Crippen molar-refractivity contribution in [2.75, 3.05) is 25.1 Å². The summed E-state index contributed by atoms with van der Waals surface area (Å²) < 4.78 is 37.8. The van der Waals surface area contributed by atoms with Gasteiger partial charge < -0.3 is 19.7 Å². The summed E-state index contributed by atoms with van der Waals surface area (Å²) in [7, 11) is 1.59. The van der Waals surface area contributed by atoms with Gasteiger partial charge >= 0.3 is 0 Å². The molecule has 0 radical (unpaired) electrons. The zero-order valence-electron chi connectivity index (χ0n) is 18.1. The number of carbonyl (C=O) groups excluding carboxylic acids is 1. The number of piperidine rings is 1. The highest BCUT2D eigenvalue weighted by Gasteiger charge is 2.27. The summed E-state index contributed by atoms with van der Waals surface area (Å²) in [5.74, 6) is 0.582. The molecule has 33 heavy (non-hydrogen) atoms. The van der Waals surface area contributed by atoms with E-state index in [1.165, 1.54) is 12.1 Å². The number of hydrogen-bond acceptors (Lipinski definition) is 6. The van der Waals surface area contributed by atoms with Crippen LogP contribution in [0.3, 0.4) is 0 Å². The Balaban J connectivity index is 1.35. The van der Waals surface area contributed by atoms with Gasteiger partial charge in [0, 0.05) is 50.1 Å². The van der Waals surface area contributed by atoms with E-state index in [0.717, 1.165) is 6.07 Å². The molecule has 4 rings (SSSR count). The van der Waals surface area contributed by atoms with Crippen LogP contribution in [0, 0.1) is 17.6 Å². The summed E-state index contributed by atoms with van der Waals surface area (Å²) in [5, 5.41) is 2.78. The number of rotatable bonds is 7. The van der Waals surface area contributed by atoms with E-state index >= 15 is 0 Å². The maximum Gasteiger partial charge on any atom is 0.263 e. The number of amides is 1. The summed E-state index contributed by atoms with van der Waals surface area (Å²) in [6, 6.07) is 10.5. The topological polar surface area (TPSA) is 76.6 Å². The van der Waals surface area contributed by atoms with Crippen LogP contribution in [0.25, 0.3) is 0 Å². The monoisotopic (exact) mass is 454 g/mol. The average Bonchev–Trinajstić information content (AvgIpc) is 2.82. The molecule has 0 aliphatic carbocycles. The summed E-state index contributed by atoms with van der Waals surface area (Å²) in [6.45, 7) is 1.27. The van der Waals surface area contributed by atoms with Crippen LogP contribution >= 0.6 is 0 Å². The highest BCUT2D eigenvalue weighted by Crippen LogP contribution is 2.32. The van der Waals surface area contributed by atoms with E-state index in [-0.39, 0.29) is 18.4 Å². The fourth-order valence-corrected chi connectivity index (χ4v) is 3.78. The van der Waals surface area contributed by atoms with Gasteiger partial charge in [-0.1, -0.05) is 6.07 Å². The Bertz CT molecular complexity index is 1100. The SMILES string of the molecule is COc1cccc(Oc2nccnc2N2CCC(C(=O)NCc3cc(F)cc(F)c3)CC2)c1. The van der Waals surface area contributed by atoms with Gasteiger partial charge in [0.2, 0.25) is 5.91 Å². The highest BCUT2D eigenvalue weighted by atomic mass is 19.1. The van der Waals surface area contributed by atoms with Crippen LogP contribution in [0.2, 0.25) is 0 Å². The normalized spacial score (nSPS) is 14.1. The number of benzene rings is 2. The molecule has 0 spiro atoms. The van der Waals surface area contributed by atoms with E-state index in [1.807, 2.05) is 23.1 Å². The number of methoxy groups -OCH3 is 1. The lowest BCUT2D eigenvalue weighted by Crippen LogP contribution is -2.40. The second-order valence-corrected chi connectivity index (χ2v) is 7.72. The Morgan fingerprint density at radius 1 is 1.06 bits per heavy atom. The average molecular weight is 454 g/mol. The molecule has 1 aromatic heterocycles. The van der Waals surface area contributed by atoms with Gasteiger partial charge in [-0.25, -0.2) is 18.7 Å². The van der Waals surface area contributed by atoms with Gasteiger partial charge in [-0.15, -0.1) is 0 Å². The van der Waals surface area contributed by atoms with Crippen LogP contribution in [0.15, 0.2) is 54.9 Å². The minimum absolute atomic E-state index is 0.0798. The molecule has 0 atom stereocenters. The fourth-order valence-electron chi connectivity index (χ4n) is 3.78. The van der Waals surface area contributed by atoms with Gasteiger partial charge in [-0.05, 0) is 42.7 Å². The molecular weight excluding hydrogens is 430 g/mol. The van der Waals surface area contributed by atoms with Crippen molar-refractivity contribution in [1.29, 1.82) is 0 Å². The zero-order chi connectivity index (χ0) is 23.2. The highest BCUT2D eigenvalue weighted by molar-refractivity contribution is 5.79. The third-order valence-corrected chi connectivity index (χ3v) is 5.46. The molecule has 7 nitrogen and oxygen atoms in total. The molecule has 172 valence electrons. The molecule has 2 aromatic carbocycles. The van der Waals surface area contributed by atoms with E-state index in [2.05, 4.69) is 15.3 Å². The molecule has 2 heterocycles. The Hall–Kier alpha value is -3.75. The van der Waals surface area contributed by atoms with Crippen LogP contribution in [0.4, 0.5) is 14.6 Å². The van der Waals surface area contributed by atoms with Crippen LogP contribution in [0.1, 0.15) is 18.4 Å². The molecule has 0 bridgehead atoms. The molecule has 1 fully saturated rings. The van der Waals surface area contributed by atoms with Crippen molar-refractivity contribution in [2.24, 2.45) is 5.92 Å². The zero-order valence-corrected chi connectivity index (χ0v) is 18.1. The first-order valence-electron chi connectivity index (χ1n) is 10.6. The number of nitrogens with zero attached hydrogens (tertiary/aromatic N) is 3. The third kappa shape index (κ3) is 5.74. The lowest BCUT2D eigenvalue weighted by atomic mass is 9.96. The Morgan fingerprint density at radius 3 is 2.48 bits per heavy atom. The fraction of sp³-hybridized carbons (Fsp3) is 0.292. The molecule has 1 N–H and O–H groups in total. The van der Waals surface area contributed by atoms with Crippen LogP contribution in [-0.4, -0.2) is 36.1 Å². The standard InChI is InChI=1S/C24H24F2N4O3/c1-32-20-3-2-4-21(14-20)33-24-22(27-7-8-28-24)30-9-5-17(6-10-30)23(31)29-15-16-11-18(25)13-19(26)12-16/h2-4,7-8,11-14,17H,5-6,9-10,15H2,1H3,(H,29,31). The third-order valence-electron chi connectivity index (χ3n) is 5.46.